The molecule has 3 N–H and O–H groups in total. The number of carbonyl (C=O) groups excluding carboxylic acids is 2. The van der Waals surface area contributed by atoms with E-state index < -0.39 is 0 Å². The summed E-state index contributed by atoms with van der Waals surface area (Å²) in [5.41, 5.74) is 5.75. The van der Waals surface area contributed by atoms with Gasteiger partial charge in [0.25, 0.3) is 0 Å². The molecule has 1 amide bonds. The Balaban J connectivity index is 0.00000259. The molecule has 1 aliphatic carbocycles. The van der Waals surface area contributed by atoms with Gasteiger partial charge in [0.05, 0.1) is 6.61 Å². The summed E-state index contributed by atoms with van der Waals surface area (Å²) in [6.07, 6.45) is 0.839. The molecule has 1 fully saturated rings. The zero-order valence-corrected chi connectivity index (χ0v) is 23.1. The van der Waals surface area contributed by atoms with Crippen LogP contribution in [0.5, 0.6) is 0 Å². The quantitative estimate of drug-likeness (QED) is 0.249. The number of aromatic nitrogens is 1. The Morgan fingerprint density at radius 1 is 1.03 bits per heavy atom. The predicted octanol–water partition coefficient (Wildman–Crippen LogP) is 5.27. The number of hydrogen-bond acceptors (Lipinski definition) is 3. The Kier molecular flexibility index (Phi) is 7.19. The van der Waals surface area contributed by atoms with Crippen LogP contribution >= 0.6 is 0 Å². The minimum Gasteiger partial charge on any atom is -0.392 e. The predicted molar refractivity (Wildman–Crippen MR) is 126 cm³/mol. The summed E-state index contributed by atoms with van der Waals surface area (Å²) in [5, 5.41) is 13.3. The molecule has 6 heteroatoms. The number of anilines is 1. The van der Waals surface area contributed by atoms with E-state index in [4.69, 9.17) is 0 Å². The van der Waals surface area contributed by atoms with Crippen molar-refractivity contribution in [3.8, 4) is 11.3 Å². The molecule has 33 heavy (non-hydrogen) atoms. The molecule has 5 nitrogen and oxygen atoms in total. The number of nitrogens with one attached hydrogen (secondary N) is 2. The monoisotopic (exact) mass is 651 g/mol. The van der Waals surface area contributed by atoms with Crippen molar-refractivity contribution >= 4 is 28.3 Å². The third-order valence-electron chi connectivity index (χ3n) is 6.16. The van der Waals surface area contributed by atoms with E-state index in [1.165, 1.54) is 12.5 Å². The standard InChI is InChI=1S/C27H24N2O3.Ac/c1-16(31)21-11-20(28-27(32)24-13-22(24)18-7-3-2-4-8-18)12-26-23(21)14-25(29-26)19-9-5-6-17(10-19)15-30;/h2-12,14,22,24,29-30H,13,15H2,1H3,(H,28,32);/t22-,24?;/m0./s1. The van der Waals surface area contributed by atoms with Gasteiger partial charge in [-0.15, -0.1) is 0 Å². The zero-order chi connectivity index (χ0) is 22.2. The number of benzene rings is 3. The van der Waals surface area contributed by atoms with Crippen LogP contribution in [-0.2, 0) is 11.4 Å². The van der Waals surface area contributed by atoms with Crippen molar-refractivity contribution in [1.82, 2.24) is 4.98 Å². The van der Waals surface area contributed by atoms with E-state index >= 15 is 0 Å². The first-order chi connectivity index (χ1) is 15.5. The molecule has 1 unspecified atom stereocenters. The van der Waals surface area contributed by atoms with Gasteiger partial charge in [-0.1, -0.05) is 48.5 Å². The van der Waals surface area contributed by atoms with Crippen LogP contribution < -0.4 is 5.32 Å². The van der Waals surface area contributed by atoms with Crippen LogP contribution in [0.4, 0.5) is 5.69 Å². The number of carbonyl (C=O) groups is 2. The van der Waals surface area contributed by atoms with Crippen molar-refractivity contribution in [2.45, 2.75) is 25.9 Å². The molecule has 4 aromatic rings. The smallest absolute Gasteiger partial charge is 0.228 e. The Labute approximate surface area is 228 Å². The van der Waals surface area contributed by atoms with Crippen LogP contribution in [0, 0.1) is 50.0 Å². The van der Waals surface area contributed by atoms with Crippen molar-refractivity contribution in [2.24, 2.45) is 5.92 Å². The number of amides is 1. The molecule has 1 heterocycles. The number of H-pyrrole nitrogens is 1. The molecule has 1 radical (unpaired) electrons. The van der Waals surface area contributed by atoms with E-state index in [1.54, 1.807) is 6.07 Å². The van der Waals surface area contributed by atoms with Gasteiger partial charge >= 0.3 is 0 Å². The van der Waals surface area contributed by atoms with Gasteiger partial charge < -0.3 is 15.4 Å². The SMILES string of the molecule is CC(=O)c1cc(NC(=O)C2C[C@H]2c2ccccc2)cc2[nH]c(-c3cccc(CO)c3)cc12.[Ac]. The molecular weight excluding hydrogens is 627 g/mol. The van der Waals surface area contributed by atoms with Gasteiger partial charge in [-0.05, 0) is 60.2 Å². The van der Waals surface area contributed by atoms with E-state index in [2.05, 4.69) is 22.4 Å². The summed E-state index contributed by atoms with van der Waals surface area (Å²) in [4.78, 5) is 28.6. The van der Waals surface area contributed by atoms with Gasteiger partial charge in [0.1, 0.15) is 0 Å². The molecule has 1 saturated carbocycles. The number of fused-ring (bicyclic) bond motifs is 1. The molecule has 0 aliphatic heterocycles. The number of rotatable bonds is 6. The summed E-state index contributed by atoms with van der Waals surface area (Å²) in [6.45, 7) is 1.50. The molecule has 2 atom stereocenters. The number of aliphatic hydroxyl groups excluding tert-OH is 1. The Morgan fingerprint density at radius 2 is 1.82 bits per heavy atom. The molecule has 163 valence electrons. The van der Waals surface area contributed by atoms with E-state index in [-0.39, 0.29) is 74.2 Å². The van der Waals surface area contributed by atoms with Gasteiger partial charge in [0, 0.05) is 77.8 Å². The van der Waals surface area contributed by atoms with Crippen molar-refractivity contribution in [1.29, 1.82) is 0 Å². The topological polar surface area (TPSA) is 82.2 Å². The van der Waals surface area contributed by atoms with Crippen LogP contribution in [0.15, 0.2) is 72.8 Å². The summed E-state index contributed by atoms with van der Waals surface area (Å²) < 4.78 is 0. The summed E-state index contributed by atoms with van der Waals surface area (Å²) in [6, 6.07) is 23.3. The fourth-order valence-electron chi connectivity index (χ4n) is 4.38. The first kappa shape index (κ1) is 23.9. The second kappa shape index (κ2) is 9.93. The van der Waals surface area contributed by atoms with Crippen molar-refractivity contribution in [2.75, 3.05) is 5.32 Å². The van der Waals surface area contributed by atoms with Crippen molar-refractivity contribution in [3.63, 3.8) is 0 Å². The maximum atomic E-state index is 12.8. The molecule has 0 spiro atoms. The van der Waals surface area contributed by atoms with Gasteiger partial charge in [-0.25, -0.2) is 0 Å². The maximum Gasteiger partial charge on any atom is 0.228 e. The second-order valence-electron chi connectivity index (χ2n) is 8.43. The van der Waals surface area contributed by atoms with Crippen LogP contribution in [0.3, 0.4) is 0 Å². The van der Waals surface area contributed by atoms with Crippen molar-refractivity contribution in [3.05, 3.63) is 89.5 Å². The number of ketones is 1. The van der Waals surface area contributed by atoms with Crippen LogP contribution in [0.25, 0.3) is 22.2 Å². The van der Waals surface area contributed by atoms with E-state index in [9.17, 15) is 14.7 Å². The summed E-state index contributed by atoms with van der Waals surface area (Å²) in [5.74, 6) is 0.127. The number of aliphatic hydroxyl groups is 1. The molecule has 3 aromatic carbocycles. The first-order valence-electron chi connectivity index (χ1n) is 10.8. The van der Waals surface area contributed by atoms with Crippen LogP contribution in [-0.4, -0.2) is 21.8 Å². The Morgan fingerprint density at radius 3 is 2.55 bits per heavy atom. The average molecular weight is 652 g/mol. The normalized spacial score (nSPS) is 16.8. The maximum absolute atomic E-state index is 12.8. The second-order valence-corrected chi connectivity index (χ2v) is 8.43. The first-order valence-corrected chi connectivity index (χ1v) is 10.8. The van der Waals surface area contributed by atoms with Gasteiger partial charge in [-0.3, -0.25) is 9.59 Å². The molecular formula is C27H24AcN2O3. The number of hydrogen-bond donors (Lipinski definition) is 3. The molecule has 5 rings (SSSR count). The molecule has 0 saturated heterocycles. The zero-order valence-electron chi connectivity index (χ0n) is 18.3. The minimum absolute atomic E-state index is 0. The van der Waals surface area contributed by atoms with E-state index in [1.807, 2.05) is 54.6 Å². The van der Waals surface area contributed by atoms with Crippen LogP contribution in [0.1, 0.15) is 40.7 Å². The molecule has 0 bridgehead atoms. The fraction of sp³-hybridized carbons (Fsp3) is 0.185. The molecule has 1 aliphatic rings. The third kappa shape index (κ3) is 4.99. The van der Waals surface area contributed by atoms with Gasteiger partial charge in [0.2, 0.25) is 5.91 Å². The Hall–Kier alpha value is -2.26. The summed E-state index contributed by atoms with van der Waals surface area (Å²) >= 11 is 0. The van der Waals surface area contributed by atoms with Crippen LogP contribution in [0.2, 0.25) is 0 Å². The van der Waals surface area contributed by atoms with E-state index in [0.717, 1.165) is 34.1 Å². The number of Topliss-reactive ketones (excluding diaryl/α,β-unsaturated/α-hetero) is 1. The largest absolute Gasteiger partial charge is 0.392 e. The summed E-state index contributed by atoms with van der Waals surface area (Å²) in [7, 11) is 0. The van der Waals surface area contributed by atoms with Gasteiger partial charge in [-0.2, -0.15) is 0 Å². The Bertz CT molecular complexity index is 1330. The van der Waals surface area contributed by atoms with Crippen molar-refractivity contribution < 1.29 is 58.8 Å². The molecule has 1 aromatic heterocycles. The fourth-order valence-corrected chi connectivity index (χ4v) is 4.38. The number of aromatic amines is 1. The average Bonchev–Trinajstić information content (AvgIpc) is 3.51. The van der Waals surface area contributed by atoms with Gasteiger partial charge in [0.15, 0.2) is 5.78 Å². The van der Waals surface area contributed by atoms with E-state index in [0.29, 0.717) is 11.3 Å². The minimum atomic E-state index is -0.0608. The third-order valence-corrected chi connectivity index (χ3v) is 6.16.